The second-order valence-electron chi connectivity index (χ2n) is 11.5. The topological polar surface area (TPSA) is 144 Å². The summed E-state index contributed by atoms with van der Waals surface area (Å²) in [4.78, 5) is 47.2. The number of carbonyl (C=O) groups excluding carboxylic acids is 2. The van der Waals surface area contributed by atoms with Gasteiger partial charge in [0.1, 0.15) is 11.9 Å². The van der Waals surface area contributed by atoms with Gasteiger partial charge in [0.25, 0.3) is 0 Å². The molecule has 1 heterocycles. The van der Waals surface area contributed by atoms with E-state index in [4.69, 9.17) is 14.2 Å². The van der Waals surface area contributed by atoms with Crippen molar-refractivity contribution in [2.45, 2.75) is 52.6 Å². The minimum Gasteiger partial charge on any atom is -0.493 e. The van der Waals surface area contributed by atoms with Gasteiger partial charge in [-0.15, -0.1) is 0 Å². The monoisotopic (exact) mass is 613 g/mol. The van der Waals surface area contributed by atoms with Crippen LogP contribution in [-0.2, 0) is 16.0 Å². The zero-order valence-corrected chi connectivity index (χ0v) is 26.6. The molecular weight excluding hydrogens is 574 g/mol. The quantitative estimate of drug-likeness (QED) is 0.204. The maximum atomic E-state index is 13.8. The van der Waals surface area contributed by atoms with Gasteiger partial charge in [-0.25, -0.2) is 4.98 Å². The summed E-state index contributed by atoms with van der Waals surface area (Å²) in [5.74, 6) is 1.54. The lowest BCUT2D eigenvalue weighted by molar-refractivity contribution is -0.120. The first-order valence-electron chi connectivity index (χ1n) is 14.9. The van der Waals surface area contributed by atoms with Crippen LogP contribution in [0.2, 0.25) is 0 Å². The van der Waals surface area contributed by atoms with E-state index in [2.05, 4.69) is 25.9 Å². The number of nitrogens with zero attached hydrogens (tertiary/aromatic N) is 1. The highest BCUT2D eigenvalue weighted by molar-refractivity contribution is 5.98. The first-order chi connectivity index (χ1) is 21.5. The van der Waals surface area contributed by atoms with Crippen LogP contribution in [0.25, 0.3) is 22.2 Å². The highest BCUT2D eigenvalue weighted by Crippen LogP contribution is 2.50. The van der Waals surface area contributed by atoms with Crippen molar-refractivity contribution in [3.8, 4) is 28.4 Å². The summed E-state index contributed by atoms with van der Waals surface area (Å²) in [5, 5.41) is 9.20. The summed E-state index contributed by atoms with van der Waals surface area (Å²) < 4.78 is 17.1. The lowest BCUT2D eigenvalue weighted by Gasteiger charge is -2.22. The van der Waals surface area contributed by atoms with Gasteiger partial charge in [0.05, 0.1) is 44.1 Å². The average molecular weight is 614 g/mol. The first kappa shape index (κ1) is 31.4. The number of methoxy groups -OCH3 is 3. The molecule has 11 heteroatoms. The van der Waals surface area contributed by atoms with Crippen molar-refractivity contribution >= 4 is 34.2 Å². The van der Waals surface area contributed by atoms with Crippen LogP contribution in [0.5, 0.6) is 17.2 Å². The molecule has 0 spiro atoms. The number of ether oxygens (including phenoxy) is 3. The fourth-order valence-electron chi connectivity index (χ4n) is 5.96. The number of benzene rings is 2. The number of nitrogens with one attached hydrogen (secondary N) is 4. The summed E-state index contributed by atoms with van der Waals surface area (Å²) in [6.45, 7) is 7.15. The Balaban J connectivity index is 1.58. The molecule has 0 saturated carbocycles. The third-order valence-corrected chi connectivity index (χ3v) is 8.04. The van der Waals surface area contributed by atoms with Crippen LogP contribution in [0.1, 0.15) is 50.2 Å². The van der Waals surface area contributed by atoms with Crippen molar-refractivity contribution in [1.29, 1.82) is 0 Å². The Kier molecular flexibility index (Phi) is 8.99. The van der Waals surface area contributed by atoms with E-state index in [1.807, 2.05) is 45.0 Å². The zero-order chi connectivity index (χ0) is 32.4. The molecule has 4 N–H and O–H groups in total. The van der Waals surface area contributed by atoms with Gasteiger partial charge in [-0.1, -0.05) is 19.9 Å². The lowest BCUT2D eigenvalue weighted by Crippen LogP contribution is -2.39. The highest BCUT2D eigenvalue weighted by atomic mass is 16.5. The van der Waals surface area contributed by atoms with Crippen LogP contribution >= 0.6 is 0 Å². The third kappa shape index (κ3) is 6.29. The Morgan fingerprint density at radius 1 is 1.00 bits per heavy atom. The molecule has 1 aromatic heterocycles. The average Bonchev–Trinajstić information content (AvgIpc) is 3.21. The number of rotatable bonds is 9. The summed E-state index contributed by atoms with van der Waals surface area (Å²) in [5.41, 5.74) is 5.20. The molecule has 11 nitrogen and oxygen atoms in total. The number of carbonyl (C=O) groups is 2. The van der Waals surface area contributed by atoms with E-state index in [1.165, 1.54) is 13.0 Å². The van der Waals surface area contributed by atoms with Crippen molar-refractivity contribution < 1.29 is 23.8 Å². The van der Waals surface area contributed by atoms with Gasteiger partial charge in [0.2, 0.25) is 23.0 Å². The van der Waals surface area contributed by atoms with Crippen LogP contribution in [-0.4, -0.2) is 49.2 Å². The number of aromatic amines is 1. The van der Waals surface area contributed by atoms with Crippen molar-refractivity contribution in [3.05, 3.63) is 69.6 Å². The molecule has 0 radical (unpaired) electrons. The predicted molar refractivity (Wildman–Crippen MR) is 174 cm³/mol. The van der Waals surface area contributed by atoms with E-state index in [0.29, 0.717) is 46.9 Å². The number of hydrogen-bond acceptors (Lipinski definition) is 8. The highest BCUT2D eigenvalue weighted by Gasteiger charge is 2.30. The van der Waals surface area contributed by atoms with E-state index < -0.39 is 12.1 Å². The number of aryl methyl sites for hydroxylation is 2. The molecule has 0 unspecified atom stereocenters. The van der Waals surface area contributed by atoms with Crippen molar-refractivity contribution in [2.75, 3.05) is 32.0 Å². The van der Waals surface area contributed by atoms with Crippen molar-refractivity contribution in [3.63, 3.8) is 0 Å². The second kappa shape index (κ2) is 12.9. The van der Waals surface area contributed by atoms with Crippen LogP contribution < -0.4 is 35.6 Å². The van der Waals surface area contributed by atoms with Crippen molar-refractivity contribution in [2.24, 2.45) is 5.92 Å². The van der Waals surface area contributed by atoms with Gasteiger partial charge >= 0.3 is 0 Å². The van der Waals surface area contributed by atoms with Gasteiger partial charge in [0.15, 0.2) is 11.5 Å². The predicted octanol–water partition coefficient (Wildman–Crippen LogP) is 5.12. The zero-order valence-electron chi connectivity index (χ0n) is 26.6. The SMILES string of the molecule is COc1cc2c(c(OC)c1OC)-c1ccc(N[C@H](C(=O)Nc3ccc4nc(C)[nH]c4c3)C(C)C)c(=O)cc1[C@@H](NC(C)=O)CC2. The van der Waals surface area contributed by atoms with Gasteiger partial charge in [-0.3, -0.25) is 14.4 Å². The Hall–Kier alpha value is -5.06. The smallest absolute Gasteiger partial charge is 0.247 e. The van der Waals surface area contributed by atoms with Crippen LogP contribution in [0.3, 0.4) is 0 Å². The summed E-state index contributed by atoms with van der Waals surface area (Å²) in [6, 6.07) is 11.3. The number of amides is 2. The van der Waals surface area contributed by atoms with E-state index in [1.54, 1.807) is 33.5 Å². The summed E-state index contributed by atoms with van der Waals surface area (Å²) in [6.07, 6.45) is 1.13. The molecule has 0 bridgehead atoms. The molecule has 2 atom stereocenters. The minimum absolute atomic E-state index is 0.157. The fraction of sp³-hybridized carbons (Fsp3) is 0.353. The number of H-pyrrole nitrogens is 1. The fourth-order valence-corrected chi connectivity index (χ4v) is 5.96. The summed E-state index contributed by atoms with van der Waals surface area (Å²) in [7, 11) is 4.66. The van der Waals surface area contributed by atoms with Crippen LogP contribution in [0.15, 0.2) is 47.3 Å². The molecule has 5 rings (SSSR count). The maximum absolute atomic E-state index is 13.8. The number of imidazole rings is 1. The normalized spacial score (nSPS) is 14.5. The van der Waals surface area contributed by atoms with Gasteiger partial charge in [-0.2, -0.15) is 0 Å². The lowest BCUT2D eigenvalue weighted by atomic mass is 9.95. The summed E-state index contributed by atoms with van der Waals surface area (Å²) >= 11 is 0. The maximum Gasteiger partial charge on any atom is 0.247 e. The number of aromatic nitrogens is 2. The second-order valence-corrected chi connectivity index (χ2v) is 11.5. The molecule has 4 aromatic rings. The van der Waals surface area contributed by atoms with Gasteiger partial charge in [-0.05, 0) is 78.8 Å². The molecule has 236 valence electrons. The Morgan fingerprint density at radius 3 is 2.42 bits per heavy atom. The first-order valence-corrected chi connectivity index (χ1v) is 14.9. The number of fused-ring (bicyclic) bond motifs is 4. The molecular formula is C34H39N5O6. The molecule has 3 aromatic carbocycles. The van der Waals surface area contributed by atoms with Crippen molar-refractivity contribution in [1.82, 2.24) is 15.3 Å². The van der Waals surface area contributed by atoms with Crippen LogP contribution in [0, 0.1) is 12.8 Å². The molecule has 0 saturated heterocycles. The molecule has 1 aliphatic carbocycles. The standard InChI is InChI=1S/C34H39N5O6/c1-17(2)31(34(42)38-21-9-12-25-27(15-21)36-18(3)35-25)39-26-13-10-22-23(16-28(26)41)24(37-19(4)40)11-8-20-14-29(43-5)32(44-6)33(45-7)30(20)22/h9-10,12-17,24,31H,8,11H2,1-7H3,(H,35,36)(H,37,40)(H,38,42)(H,39,41)/t24-,31-/m0/s1. The minimum atomic E-state index is -0.726. The number of anilines is 2. The molecule has 2 amide bonds. The van der Waals surface area contributed by atoms with Gasteiger partial charge in [0, 0.05) is 18.2 Å². The molecule has 1 aliphatic rings. The third-order valence-electron chi connectivity index (χ3n) is 8.04. The molecule has 45 heavy (non-hydrogen) atoms. The van der Waals surface area contributed by atoms with E-state index in [0.717, 1.165) is 28.0 Å². The number of hydrogen-bond donors (Lipinski definition) is 4. The molecule has 0 aliphatic heterocycles. The van der Waals surface area contributed by atoms with Gasteiger partial charge < -0.3 is 35.1 Å². The van der Waals surface area contributed by atoms with E-state index >= 15 is 0 Å². The Labute approximate surface area is 261 Å². The van der Waals surface area contributed by atoms with E-state index in [9.17, 15) is 14.4 Å². The Morgan fingerprint density at radius 2 is 1.76 bits per heavy atom. The van der Waals surface area contributed by atoms with E-state index in [-0.39, 0.29) is 28.8 Å². The van der Waals surface area contributed by atoms with Crippen LogP contribution in [0.4, 0.5) is 11.4 Å². The largest absolute Gasteiger partial charge is 0.493 e. The Bertz CT molecular complexity index is 1830. The molecule has 0 fully saturated rings.